The van der Waals surface area contributed by atoms with E-state index in [0.717, 1.165) is 38.2 Å². The lowest BCUT2D eigenvalue weighted by Crippen LogP contribution is -2.32. The molecule has 2 aromatic rings. The number of nitrogen functional groups attached to an aromatic ring is 1. The molecule has 0 bridgehead atoms. The number of hydrogen-bond acceptors (Lipinski definition) is 5. The molecule has 0 spiro atoms. The van der Waals surface area contributed by atoms with Crippen molar-refractivity contribution in [3.8, 4) is 0 Å². The monoisotopic (exact) mass is 269 g/mol. The van der Waals surface area contributed by atoms with Crippen LogP contribution in [0, 0.1) is 0 Å². The van der Waals surface area contributed by atoms with Crippen molar-refractivity contribution < 1.29 is 0 Å². The highest BCUT2D eigenvalue weighted by Crippen LogP contribution is 2.27. The topological polar surface area (TPSA) is 67.9 Å². The number of nitrogens with two attached hydrogens (primary N) is 1. The summed E-state index contributed by atoms with van der Waals surface area (Å²) in [6.45, 7) is 3.15. The summed E-state index contributed by atoms with van der Waals surface area (Å²) in [5, 5.41) is 0. The van der Waals surface area contributed by atoms with Crippen molar-refractivity contribution in [3.63, 3.8) is 0 Å². The Morgan fingerprint density at radius 3 is 2.75 bits per heavy atom. The van der Waals surface area contributed by atoms with E-state index < -0.39 is 0 Å². The summed E-state index contributed by atoms with van der Waals surface area (Å²) in [4.78, 5) is 14.9. The zero-order chi connectivity index (χ0) is 13.8. The number of hydrogen-bond donors (Lipinski definition) is 1. The molecule has 3 rings (SSSR count). The van der Waals surface area contributed by atoms with Crippen molar-refractivity contribution in [1.29, 1.82) is 0 Å². The van der Waals surface area contributed by atoms with E-state index in [2.05, 4.69) is 25.9 Å². The van der Waals surface area contributed by atoms with Crippen molar-refractivity contribution >= 4 is 5.95 Å². The number of rotatable bonds is 3. The minimum absolute atomic E-state index is 0.375. The highest BCUT2D eigenvalue weighted by molar-refractivity contribution is 5.20. The quantitative estimate of drug-likeness (QED) is 0.920. The average molecular weight is 269 g/mol. The fraction of sp³-hybridized carbons (Fsp3) is 0.400. The second kappa shape index (κ2) is 5.96. The summed E-state index contributed by atoms with van der Waals surface area (Å²) in [5.74, 6) is 0.880. The van der Waals surface area contributed by atoms with E-state index in [1.807, 2.05) is 24.5 Å². The van der Waals surface area contributed by atoms with Crippen LogP contribution in [0.4, 0.5) is 5.95 Å². The van der Waals surface area contributed by atoms with Crippen LogP contribution >= 0.6 is 0 Å². The second-order valence-electron chi connectivity index (χ2n) is 5.25. The normalized spacial score (nSPS) is 17.2. The highest BCUT2D eigenvalue weighted by Gasteiger charge is 2.21. The molecule has 3 heterocycles. The van der Waals surface area contributed by atoms with Gasteiger partial charge in [-0.2, -0.15) is 0 Å². The van der Waals surface area contributed by atoms with Crippen LogP contribution in [-0.4, -0.2) is 32.9 Å². The Bertz CT molecular complexity index is 549. The van der Waals surface area contributed by atoms with Gasteiger partial charge in [-0.1, -0.05) is 6.07 Å². The third-order valence-electron chi connectivity index (χ3n) is 3.83. The SMILES string of the molecule is Nc1nccc(C2CCN(Cc3cccnc3)CC2)n1. The molecule has 20 heavy (non-hydrogen) atoms. The lowest BCUT2D eigenvalue weighted by atomic mass is 9.93. The van der Waals surface area contributed by atoms with Gasteiger partial charge in [-0.25, -0.2) is 9.97 Å². The molecular formula is C15H19N5. The zero-order valence-corrected chi connectivity index (χ0v) is 11.4. The van der Waals surface area contributed by atoms with Crippen LogP contribution in [-0.2, 0) is 6.54 Å². The molecule has 0 radical (unpaired) electrons. The first-order valence-electron chi connectivity index (χ1n) is 7.01. The van der Waals surface area contributed by atoms with E-state index in [0.29, 0.717) is 11.9 Å². The molecule has 2 aromatic heterocycles. The third-order valence-corrected chi connectivity index (χ3v) is 3.83. The third kappa shape index (κ3) is 3.11. The predicted molar refractivity (Wildman–Crippen MR) is 77.9 cm³/mol. The summed E-state index contributed by atoms with van der Waals surface area (Å²) in [6.07, 6.45) is 7.75. The second-order valence-corrected chi connectivity index (χ2v) is 5.25. The molecule has 1 saturated heterocycles. The summed E-state index contributed by atoms with van der Waals surface area (Å²) in [6, 6.07) is 6.10. The Morgan fingerprint density at radius 1 is 1.20 bits per heavy atom. The molecule has 2 N–H and O–H groups in total. The van der Waals surface area contributed by atoms with E-state index in [1.165, 1.54) is 5.56 Å². The molecular weight excluding hydrogens is 250 g/mol. The average Bonchev–Trinajstić information content (AvgIpc) is 2.49. The van der Waals surface area contributed by atoms with Gasteiger partial charge in [-0.05, 0) is 43.6 Å². The van der Waals surface area contributed by atoms with Crippen molar-refractivity contribution in [1.82, 2.24) is 19.9 Å². The van der Waals surface area contributed by atoms with Gasteiger partial charge in [0, 0.05) is 36.7 Å². The van der Waals surface area contributed by atoms with Crippen LogP contribution in [0.25, 0.3) is 0 Å². The maximum atomic E-state index is 5.66. The lowest BCUT2D eigenvalue weighted by molar-refractivity contribution is 0.203. The zero-order valence-electron chi connectivity index (χ0n) is 11.4. The van der Waals surface area contributed by atoms with Crippen molar-refractivity contribution in [2.75, 3.05) is 18.8 Å². The van der Waals surface area contributed by atoms with Gasteiger partial charge in [-0.3, -0.25) is 9.88 Å². The first kappa shape index (κ1) is 13.0. The number of nitrogens with zero attached hydrogens (tertiary/aromatic N) is 4. The number of pyridine rings is 1. The molecule has 0 aliphatic carbocycles. The van der Waals surface area contributed by atoms with Gasteiger partial charge in [-0.15, -0.1) is 0 Å². The molecule has 0 unspecified atom stereocenters. The molecule has 104 valence electrons. The predicted octanol–water partition coefficient (Wildman–Crippen LogP) is 1.83. The summed E-state index contributed by atoms with van der Waals surface area (Å²) < 4.78 is 0. The Balaban J connectivity index is 1.57. The van der Waals surface area contributed by atoms with E-state index in [4.69, 9.17) is 5.73 Å². The Kier molecular flexibility index (Phi) is 3.87. The fourth-order valence-electron chi connectivity index (χ4n) is 2.75. The Labute approximate surface area is 118 Å². The van der Waals surface area contributed by atoms with Crippen LogP contribution in [0.2, 0.25) is 0 Å². The highest BCUT2D eigenvalue weighted by atomic mass is 15.1. The number of anilines is 1. The molecule has 0 aromatic carbocycles. The molecule has 0 saturated carbocycles. The van der Waals surface area contributed by atoms with Gasteiger partial charge in [0.15, 0.2) is 0 Å². The van der Waals surface area contributed by atoms with Crippen molar-refractivity contribution in [3.05, 3.63) is 48.0 Å². The van der Waals surface area contributed by atoms with Gasteiger partial charge in [0.2, 0.25) is 5.95 Å². The molecule has 1 fully saturated rings. The molecule has 5 heteroatoms. The number of likely N-dealkylation sites (tertiary alicyclic amines) is 1. The van der Waals surface area contributed by atoms with Gasteiger partial charge < -0.3 is 5.73 Å². The van der Waals surface area contributed by atoms with Crippen LogP contribution in [0.1, 0.15) is 30.0 Å². The van der Waals surface area contributed by atoms with E-state index in [-0.39, 0.29) is 0 Å². The largest absolute Gasteiger partial charge is 0.368 e. The van der Waals surface area contributed by atoms with E-state index in [1.54, 1.807) is 6.20 Å². The minimum Gasteiger partial charge on any atom is -0.368 e. The standard InChI is InChI=1S/C15H19N5/c16-15-18-7-3-14(19-15)13-4-8-20(9-5-13)11-12-2-1-6-17-10-12/h1-3,6-7,10,13H,4-5,8-9,11H2,(H2,16,18,19). The molecule has 0 amide bonds. The smallest absolute Gasteiger partial charge is 0.220 e. The van der Waals surface area contributed by atoms with Crippen molar-refractivity contribution in [2.45, 2.75) is 25.3 Å². The van der Waals surface area contributed by atoms with E-state index >= 15 is 0 Å². The molecule has 1 aliphatic heterocycles. The van der Waals surface area contributed by atoms with Crippen LogP contribution < -0.4 is 5.73 Å². The summed E-state index contributed by atoms with van der Waals surface area (Å²) in [5.41, 5.74) is 8.01. The van der Waals surface area contributed by atoms with Gasteiger partial charge >= 0.3 is 0 Å². The Hall–Kier alpha value is -2.01. The Morgan fingerprint density at radius 2 is 2.05 bits per heavy atom. The summed E-state index contributed by atoms with van der Waals surface area (Å²) in [7, 11) is 0. The lowest BCUT2D eigenvalue weighted by Gasteiger charge is -2.31. The molecule has 5 nitrogen and oxygen atoms in total. The molecule has 1 aliphatic rings. The van der Waals surface area contributed by atoms with E-state index in [9.17, 15) is 0 Å². The van der Waals surface area contributed by atoms with Gasteiger partial charge in [0.1, 0.15) is 0 Å². The van der Waals surface area contributed by atoms with Crippen LogP contribution in [0.3, 0.4) is 0 Å². The maximum absolute atomic E-state index is 5.66. The van der Waals surface area contributed by atoms with Crippen LogP contribution in [0.5, 0.6) is 0 Å². The summed E-state index contributed by atoms with van der Waals surface area (Å²) >= 11 is 0. The minimum atomic E-state index is 0.375. The number of piperidine rings is 1. The van der Waals surface area contributed by atoms with Gasteiger partial charge in [0.05, 0.1) is 0 Å². The van der Waals surface area contributed by atoms with Gasteiger partial charge in [0.25, 0.3) is 0 Å². The first-order chi connectivity index (χ1) is 9.81. The fourth-order valence-corrected chi connectivity index (χ4v) is 2.75. The van der Waals surface area contributed by atoms with Crippen molar-refractivity contribution in [2.24, 2.45) is 0 Å². The first-order valence-corrected chi connectivity index (χ1v) is 7.01. The molecule has 0 atom stereocenters. The van der Waals surface area contributed by atoms with Crippen LogP contribution in [0.15, 0.2) is 36.8 Å². The maximum Gasteiger partial charge on any atom is 0.220 e. The number of aromatic nitrogens is 3.